The zero-order chi connectivity index (χ0) is 12.0. The Kier molecular flexibility index (Phi) is 5.54. The summed E-state index contributed by atoms with van der Waals surface area (Å²) < 4.78 is 0. The number of aryl methyl sites for hydroxylation is 2. The number of hydrogen-bond donors (Lipinski definition) is 1. The average Bonchev–Trinajstić information content (AvgIpc) is 2.29. The van der Waals surface area contributed by atoms with Gasteiger partial charge >= 0.3 is 0 Å². The second-order valence-corrected chi connectivity index (χ2v) is 4.46. The van der Waals surface area contributed by atoms with Crippen molar-refractivity contribution in [1.29, 1.82) is 0 Å². The summed E-state index contributed by atoms with van der Waals surface area (Å²) in [7, 11) is 0. The molecule has 0 fully saturated rings. The molecule has 0 aliphatic rings. The van der Waals surface area contributed by atoms with Gasteiger partial charge in [-0.2, -0.15) is 0 Å². The maximum atomic E-state index is 9.96. The Hall–Kier alpha value is -0.820. The van der Waals surface area contributed by atoms with Crippen LogP contribution in [0.15, 0.2) is 18.2 Å². The molecule has 0 radical (unpaired) electrons. The summed E-state index contributed by atoms with van der Waals surface area (Å²) >= 11 is 0. The Morgan fingerprint density at radius 1 is 1.06 bits per heavy atom. The van der Waals surface area contributed by atoms with Gasteiger partial charge in [-0.05, 0) is 36.0 Å². The zero-order valence-corrected chi connectivity index (χ0v) is 10.8. The van der Waals surface area contributed by atoms with Crippen molar-refractivity contribution < 1.29 is 5.11 Å². The molecule has 0 bridgehead atoms. The van der Waals surface area contributed by atoms with Crippen molar-refractivity contribution >= 4 is 0 Å². The molecule has 1 rings (SSSR count). The van der Waals surface area contributed by atoms with Crippen molar-refractivity contribution in [3.8, 4) is 0 Å². The van der Waals surface area contributed by atoms with Gasteiger partial charge in [-0.15, -0.1) is 0 Å². The third kappa shape index (κ3) is 3.34. The highest BCUT2D eigenvalue weighted by molar-refractivity contribution is 5.34. The van der Waals surface area contributed by atoms with Crippen molar-refractivity contribution in [3.05, 3.63) is 34.9 Å². The third-order valence-corrected chi connectivity index (χ3v) is 3.01. The minimum absolute atomic E-state index is 0.294. The van der Waals surface area contributed by atoms with Crippen LogP contribution >= 0.6 is 0 Å². The van der Waals surface area contributed by atoms with E-state index in [0.717, 1.165) is 31.2 Å². The van der Waals surface area contributed by atoms with Crippen LogP contribution in [-0.2, 0) is 12.8 Å². The molecular formula is C15H24O. The minimum atomic E-state index is -0.294. The normalized spacial score (nSPS) is 12.8. The standard InChI is InChI=1S/C15H24O/c1-4-7-12-9-10-14(15(16)6-3)13(11-12)8-5-2/h9-11,15-16H,4-8H2,1-3H3. The molecule has 0 heterocycles. The summed E-state index contributed by atoms with van der Waals surface area (Å²) in [4.78, 5) is 0. The van der Waals surface area contributed by atoms with E-state index in [1.54, 1.807) is 0 Å². The Balaban J connectivity index is 2.98. The molecule has 0 saturated heterocycles. The molecule has 90 valence electrons. The van der Waals surface area contributed by atoms with Crippen LogP contribution in [0.4, 0.5) is 0 Å². The van der Waals surface area contributed by atoms with Gasteiger partial charge in [0, 0.05) is 0 Å². The molecule has 16 heavy (non-hydrogen) atoms. The largest absolute Gasteiger partial charge is 0.388 e. The van der Waals surface area contributed by atoms with Crippen LogP contribution in [0.2, 0.25) is 0 Å². The smallest absolute Gasteiger partial charge is 0.0790 e. The Bertz CT molecular complexity index is 317. The topological polar surface area (TPSA) is 20.2 Å². The van der Waals surface area contributed by atoms with Crippen LogP contribution in [0.5, 0.6) is 0 Å². The van der Waals surface area contributed by atoms with E-state index in [-0.39, 0.29) is 6.10 Å². The summed E-state index contributed by atoms with van der Waals surface area (Å²) in [6.07, 6.45) is 5.03. The summed E-state index contributed by atoms with van der Waals surface area (Å²) in [6.45, 7) is 6.42. The van der Waals surface area contributed by atoms with Crippen LogP contribution in [0, 0.1) is 0 Å². The predicted molar refractivity (Wildman–Crippen MR) is 69.7 cm³/mol. The monoisotopic (exact) mass is 220 g/mol. The van der Waals surface area contributed by atoms with Crippen LogP contribution in [0.25, 0.3) is 0 Å². The Labute approximate surface area is 99.5 Å². The summed E-state index contributed by atoms with van der Waals surface area (Å²) in [5.41, 5.74) is 3.87. The van der Waals surface area contributed by atoms with E-state index in [1.807, 2.05) is 6.92 Å². The number of aliphatic hydroxyl groups is 1. The highest BCUT2D eigenvalue weighted by Gasteiger charge is 2.10. The van der Waals surface area contributed by atoms with Gasteiger partial charge in [-0.1, -0.05) is 51.8 Å². The van der Waals surface area contributed by atoms with Crippen molar-refractivity contribution in [3.63, 3.8) is 0 Å². The second kappa shape index (κ2) is 6.70. The quantitative estimate of drug-likeness (QED) is 0.767. The molecule has 1 nitrogen and oxygen atoms in total. The van der Waals surface area contributed by atoms with Gasteiger partial charge in [0.1, 0.15) is 0 Å². The van der Waals surface area contributed by atoms with E-state index >= 15 is 0 Å². The molecule has 0 amide bonds. The minimum Gasteiger partial charge on any atom is -0.388 e. The lowest BCUT2D eigenvalue weighted by Gasteiger charge is -2.15. The first-order valence-electron chi connectivity index (χ1n) is 6.52. The lowest BCUT2D eigenvalue weighted by molar-refractivity contribution is 0.172. The van der Waals surface area contributed by atoms with E-state index in [2.05, 4.69) is 32.0 Å². The van der Waals surface area contributed by atoms with Crippen molar-refractivity contribution in [1.82, 2.24) is 0 Å². The van der Waals surface area contributed by atoms with Gasteiger partial charge in [0.25, 0.3) is 0 Å². The van der Waals surface area contributed by atoms with E-state index in [1.165, 1.54) is 17.5 Å². The lowest BCUT2D eigenvalue weighted by atomic mass is 9.94. The maximum absolute atomic E-state index is 9.96. The molecule has 0 aromatic heterocycles. The molecule has 1 atom stereocenters. The second-order valence-electron chi connectivity index (χ2n) is 4.46. The maximum Gasteiger partial charge on any atom is 0.0790 e. The molecule has 0 saturated carbocycles. The van der Waals surface area contributed by atoms with E-state index in [4.69, 9.17) is 0 Å². The number of aliphatic hydroxyl groups excluding tert-OH is 1. The molecular weight excluding hydrogens is 196 g/mol. The van der Waals surface area contributed by atoms with Gasteiger partial charge in [0.05, 0.1) is 6.10 Å². The van der Waals surface area contributed by atoms with Gasteiger partial charge < -0.3 is 5.11 Å². The third-order valence-electron chi connectivity index (χ3n) is 3.01. The number of benzene rings is 1. The Morgan fingerprint density at radius 2 is 1.75 bits per heavy atom. The van der Waals surface area contributed by atoms with Crippen LogP contribution in [0.1, 0.15) is 62.8 Å². The van der Waals surface area contributed by atoms with Crippen LogP contribution < -0.4 is 0 Å². The molecule has 0 aliphatic heterocycles. The summed E-state index contributed by atoms with van der Waals surface area (Å²) in [5, 5.41) is 9.96. The summed E-state index contributed by atoms with van der Waals surface area (Å²) in [6, 6.07) is 6.56. The number of hydrogen-bond acceptors (Lipinski definition) is 1. The molecule has 0 spiro atoms. The van der Waals surface area contributed by atoms with Crippen molar-refractivity contribution in [2.75, 3.05) is 0 Å². The first-order chi connectivity index (χ1) is 7.72. The zero-order valence-electron chi connectivity index (χ0n) is 10.8. The molecule has 1 N–H and O–H groups in total. The molecule has 1 heteroatoms. The van der Waals surface area contributed by atoms with Gasteiger partial charge in [0.15, 0.2) is 0 Å². The van der Waals surface area contributed by atoms with E-state index in [9.17, 15) is 5.11 Å². The number of rotatable bonds is 6. The molecule has 0 aliphatic carbocycles. The predicted octanol–water partition coefficient (Wildman–Crippen LogP) is 4.04. The molecule has 1 unspecified atom stereocenters. The Morgan fingerprint density at radius 3 is 2.31 bits per heavy atom. The summed E-state index contributed by atoms with van der Waals surface area (Å²) in [5.74, 6) is 0. The first-order valence-corrected chi connectivity index (χ1v) is 6.52. The van der Waals surface area contributed by atoms with E-state index in [0.29, 0.717) is 0 Å². The van der Waals surface area contributed by atoms with E-state index < -0.39 is 0 Å². The van der Waals surface area contributed by atoms with Crippen molar-refractivity contribution in [2.45, 2.75) is 59.0 Å². The lowest BCUT2D eigenvalue weighted by Crippen LogP contribution is -2.02. The van der Waals surface area contributed by atoms with Crippen LogP contribution in [0.3, 0.4) is 0 Å². The van der Waals surface area contributed by atoms with Gasteiger partial charge in [-0.25, -0.2) is 0 Å². The first kappa shape index (κ1) is 13.2. The average molecular weight is 220 g/mol. The van der Waals surface area contributed by atoms with Crippen LogP contribution in [-0.4, -0.2) is 5.11 Å². The fraction of sp³-hybridized carbons (Fsp3) is 0.600. The fourth-order valence-corrected chi connectivity index (χ4v) is 2.13. The molecule has 1 aromatic rings. The molecule has 1 aromatic carbocycles. The highest BCUT2D eigenvalue weighted by Crippen LogP contribution is 2.23. The SMILES string of the molecule is CCCc1ccc(C(O)CC)c(CCC)c1. The van der Waals surface area contributed by atoms with Gasteiger partial charge in [0.2, 0.25) is 0 Å². The highest BCUT2D eigenvalue weighted by atomic mass is 16.3. The van der Waals surface area contributed by atoms with Crippen molar-refractivity contribution in [2.24, 2.45) is 0 Å². The van der Waals surface area contributed by atoms with Gasteiger partial charge in [-0.3, -0.25) is 0 Å². The fourth-order valence-electron chi connectivity index (χ4n) is 2.13.